The van der Waals surface area contributed by atoms with Crippen LogP contribution < -0.4 is 10.3 Å². The van der Waals surface area contributed by atoms with E-state index in [0.717, 1.165) is 10.1 Å². The molecule has 1 N–H and O–H groups in total. The zero-order valence-corrected chi connectivity index (χ0v) is 12.6. The number of methoxy groups -OCH3 is 1. The van der Waals surface area contributed by atoms with Gasteiger partial charge in [0.05, 0.1) is 19.9 Å². The van der Waals surface area contributed by atoms with Gasteiger partial charge in [-0.25, -0.2) is 9.78 Å². The average molecular weight is 314 g/mol. The first-order valence-electron chi connectivity index (χ1n) is 6.93. The summed E-state index contributed by atoms with van der Waals surface area (Å²) in [5.41, 5.74) is 0.0587. The van der Waals surface area contributed by atoms with E-state index in [-0.39, 0.29) is 17.9 Å². The van der Waals surface area contributed by atoms with Crippen molar-refractivity contribution < 1.29 is 14.3 Å². The molecule has 23 heavy (non-hydrogen) atoms. The number of ether oxygens (including phenoxy) is 2. The number of H-pyrrole nitrogens is 1. The van der Waals surface area contributed by atoms with Crippen molar-refractivity contribution in [3.8, 4) is 17.1 Å². The van der Waals surface area contributed by atoms with E-state index in [1.165, 1.54) is 6.20 Å². The fraction of sp³-hybridized carbons (Fsp3) is 0.200. The molecule has 2 aromatic heterocycles. The molecular weight excluding hydrogens is 300 g/mol. The predicted molar refractivity (Wildman–Crippen MR) is 81.6 cm³/mol. The average Bonchev–Trinajstić information content (AvgIpc) is 3.00. The zero-order valence-electron chi connectivity index (χ0n) is 12.6. The monoisotopic (exact) mass is 314 g/mol. The normalized spacial score (nSPS) is 10.7. The van der Waals surface area contributed by atoms with E-state index in [1.807, 2.05) is 0 Å². The van der Waals surface area contributed by atoms with Crippen molar-refractivity contribution in [2.45, 2.75) is 6.92 Å². The van der Waals surface area contributed by atoms with Gasteiger partial charge in [-0.3, -0.25) is 9.89 Å². The quantitative estimate of drug-likeness (QED) is 0.728. The van der Waals surface area contributed by atoms with Gasteiger partial charge in [-0.1, -0.05) is 0 Å². The highest BCUT2D eigenvalue weighted by molar-refractivity contribution is 5.88. The SMILES string of the molecule is CCOC(=O)c1cnc2nc(-c3ccc(OC)cc3)[nH]n2c1=O. The Kier molecular flexibility index (Phi) is 3.80. The van der Waals surface area contributed by atoms with Crippen molar-refractivity contribution in [3.63, 3.8) is 0 Å². The van der Waals surface area contributed by atoms with Gasteiger partial charge >= 0.3 is 5.97 Å². The third-order valence-electron chi connectivity index (χ3n) is 3.23. The number of carbonyl (C=O) groups excluding carboxylic acids is 1. The van der Waals surface area contributed by atoms with Gasteiger partial charge in [-0.05, 0) is 31.2 Å². The highest BCUT2D eigenvalue weighted by atomic mass is 16.5. The number of hydrogen-bond acceptors (Lipinski definition) is 6. The largest absolute Gasteiger partial charge is 0.497 e. The number of esters is 1. The van der Waals surface area contributed by atoms with E-state index < -0.39 is 11.5 Å². The maximum absolute atomic E-state index is 12.3. The maximum Gasteiger partial charge on any atom is 0.345 e. The zero-order chi connectivity index (χ0) is 16.4. The van der Waals surface area contributed by atoms with Crippen LogP contribution in [0.3, 0.4) is 0 Å². The Bertz CT molecular complexity index is 911. The van der Waals surface area contributed by atoms with Gasteiger partial charge in [0.25, 0.3) is 11.3 Å². The molecule has 2 heterocycles. The van der Waals surface area contributed by atoms with E-state index in [9.17, 15) is 9.59 Å². The highest BCUT2D eigenvalue weighted by Gasteiger charge is 2.16. The van der Waals surface area contributed by atoms with E-state index in [4.69, 9.17) is 9.47 Å². The van der Waals surface area contributed by atoms with Crippen LogP contribution in [0.15, 0.2) is 35.3 Å². The lowest BCUT2D eigenvalue weighted by atomic mass is 10.2. The molecule has 0 bridgehead atoms. The fourth-order valence-corrected chi connectivity index (χ4v) is 2.08. The van der Waals surface area contributed by atoms with Crippen LogP contribution in [0.4, 0.5) is 0 Å². The molecule has 8 nitrogen and oxygen atoms in total. The number of benzene rings is 1. The lowest BCUT2D eigenvalue weighted by Crippen LogP contribution is -2.24. The second-order valence-electron chi connectivity index (χ2n) is 4.63. The van der Waals surface area contributed by atoms with E-state index in [2.05, 4.69) is 15.1 Å². The number of aromatic amines is 1. The summed E-state index contributed by atoms with van der Waals surface area (Å²) in [5, 5.41) is 2.84. The molecule has 0 aliphatic carbocycles. The number of aromatic nitrogens is 4. The van der Waals surface area contributed by atoms with Gasteiger partial charge < -0.3 is 9.47 Å². The fourth-order valence-electron chi connectivity index (χ4n) is 2.08. The number of nitrogens with one attached hydrogen (secondary N) is 1. The van der Waals surface area contributed by atoms with E-state index in [0.29, 0.717) is 11.6 Å². The van der Waals surface area contributed by atoms with Crippen LogP contribution in [0.1, 0.15) is 17.3 Å². The molecule has 0 aliphatic rings. The topological polar surface area (TPSA) is 98.6 Å². The van der Waals surface area contributed by atoms with Crippen LogP contribution in [0, 0.1) is 0 Å². The smallest absolute Gasteiger partial charge is 0.345 e. The van der Waals surface area contributed by atoms with Crippen molar-refractivity contribution in [1.29, 1.82) is 0 Å². The van der Waals surface area contributed by atoms with Gasteiger partial charge in [0.15, 0.2) is 5.82 Å². The summed E-state index contributed by atoms with van der Waals surface area (Å²) < 4.78 is 11.0. The Morgan fingerprint density at radius 1 is 1.30 bits per heavy atom. The van der Waals surface area contributed by atoms with Crippen molar-refractivity contribution in [2.24, 2.45) is 0 Å². The Labute approximate surface area is 130 Å². The third kappa shape index (κ3) is 2.66. The lowest BCUT2D eigenvalue weighted by molar-refractivity contribution is 0.0523. The molecule has 3 rings (SSSR count). The van der Waals surface area contributed by atoms with Crippen LogP contribution in [-0.2, 0) is 4.74 Å². The van der Waals surface area contributed by atoms with Gasteiger partial charge in [0, 0.05) is 5.56 Å². The maximum atomic E-state index is 12.3. The molecule has 0 radical (unpaired) electrons. The number of rotatable bonds is 4. The van der Waals surface area contributed by atoms with E-state index >= 15 is 0 Å². The standard InChI is InChI=1S/C15H14N4O4/c1-3-23-14(21)11-8-16-15-17-12(18-19(15)13(11)20)9-4-6-10(22-2)7-5-9/h4-8H,3H2,1-2H3,(H,16,17,18). The molecule has 0 saturated carbocycles. The first kappa shape index (κ1) is 14.8. The Morgan fingerprint density at radius 3 is 2.70 bits per heavy atom. The molecule has 0 unspecified atom stereocenters. The molecule has 0 spiro atoms. The first-order valence-corrected chi connectivity index (χ1v) is 6.93. The summed E-state index contributed by atoms with van der Waals surface area (Å²) in [4.78, 5) is 32.3. The third-order valence-corrected chi connectivity index (χ3v) is 3.23. The minimum absolute atomic E-state index is 0.144. The summed E-state index contributed by atoms with van der Waals surface area (Å²) in [5.74, 6) is 0.636. The van der Waals surface area contributed by atoms with Crippen LogP contribution in [-0.4, -0.2) is 39.3 Å². The number of carbonyl (C=O) groups is 1. The summed E-state index contributed by atoms with van der Waals surface area (Å²) in [6, 6.07) is 7.16. The minimum Gasteiger partial charge on any atom is -0.497 e. The molecule has 3 aromatic rings. The van der Waals surface area contributed by atoms with Gasteiger partial charge in [-0.2, -0.15) is 9.50 Å². The highest BCUT2D eigenvalue weighted by Crippen LogP contribution is 2.19. The van der Waals surface area contributed by atoms with Gasteiger partial charge in [-0.15, -0.1) is 0 Å². The second-order valence-corrected chi connectivity index (χ2v) is 4.63. The summed E-state index contributed by atoms with van der Waals surface area (Å²) in [6.45, 7) is 1.85. The summed E-state index contributed by atoms with van der Waals surface area (Å²) in [7, 11) is 1.58. The number of nitrogens with zero attached hydrogens (tertiary/aromatic N) is 3. The van der Waals surface area contributed by atoms with Crippen LogP contribution in [0.25, 0.3) is 17.2 Å². The molecule has 8 heteroatoms. The van der Waals surface area contributed by atoms with Crippen LogP contribution in [0.5, 0.6) is 5.75 Å². The Morgan fingerprint density at radius 2 is 2.04 bits per heavy atom. The molecular formula is C15H14N4O4. The second kappa shape index (κ2) is 5.91. The van der Waals surface area contributed by atoms with Crippen molar-refractivity contribution in [2.75, 3.05) is 13.7 Å². The number of hydrogen-bond donors (Lipinski definition) is 1. The van der Waals surface area contributed by atoms with Crippen molar-refractivity contribution in [3.05, 3.63) is 46.4 Å². The van der Waals surface area contributed by atoms with Gasteiger partial charge in [0.1, 0.15) is 11.3 Å². The first-order chi connectivity index (χ1) is 11.1. The molecule has 0 fully saturated rings. The molecule has 0 saturated heterocycles. The Hall–Kier alpha value is -3.16. The van der Waals surface area contributed by atoms with E-state index in [1.54, 1.807) is 38.3 Å². The lowest BCUT2D eigenvalue weighted by Gasteiger charge is -2.00. The van der Waals surface area contributed by atoms with Crippen LogP contribution >= 0.6 is 0 Å². The predicted octanol–water partition coefficient (Wildman–Crippen LogP) is 1.27. The van der Waals surface area contributed by atoms with Crippen molar-refractivity contribution in [1.82, 2.24) is 19.6 Å². The van der Waals surface area contributed by atoms with Crippen molar-refractivity contribution >= 4 is 11.7 Å². The molecule has 0 atom stereocenters. The molecule has 0 aliphatic heterocycles. The van der Waals surface area contributed by atoms with Crippen LogP contribution in [0.2, 0.25) is 0 Å². The Balaban J connectivity index is 2.06. The molecule has 118 valence electrons. The molecule has 1 aromatic carbocycles. The molecule has 0 amide bonds. The van der Waals surface area contributed by atoms with Gasteiger partial charge in [0.2, 0.25) is 0 Å². The number of fused-ring (bicyclic) bond motifs is 1. The summed E-state index contributed by atoms with van der Waals surface area (Å²) in [6.07, 6.45) is 1.17. The summed E-state index contributed by atoms with van der Waals surface area (Å²) >= 11 is 0. The minimum atomic E-state index is -0.708.